The molecule has 2 aromatic carbocycles. The van der Waals surface area contributed by atoms with Crippen LogP contribution >= 0.6 is 0 Å². The van der Waals surface area contributed by atoms with Crippen molar-refractivity contribution in [1.29, 1.82) is 0 Å². The summed E-state index contributed by atoms with van der Waals surface area (Å²) in [5, 5.41) is 0.649. The lowest BCUT2D eigenvalue weighted by Gasteiger charge is -2.27. The second kappa shape index (κ2) is 9.87. The number of hydrogen-bond acceptors (Lipinski definition) is 5. The van der Waals surface area contributed by atoms with Gasteiger partial charge in [-0.15, -0.1) is 0 Å². The molecule has 0 atom stereocenters. The fraction of sp³-hybridized carbons (Fsp3) is 0.320. The molecule has 4 rings (SSSR count). The number of amides is 2. The lowest BCUT2D eigenvalue weighted by molar-refractivity contribution is -0.135. The first kappa shape index (κ1) is 22.5. The van der Waals surface area contributed by atoms with Crippen molar-refractivity contribution in [3.05, 3.63) is 60.3 Å². The highest BCUT2D eigenvalue weighted by Gasteiger charge is 2.27. The van der Waals surface area contributed by atoms with Crippen molar-refractivity contribution >= 4 is 34.2 Å². The third kappa shape index (κ3) is 4.61. The topological polar surface area (TPSA) is 81.1 Å². The molecule has 1 saturated heterocycles. The maximum atomic E-state index is 13.3. The number of likely N-dealkylation sites (N-methyl/N-ethyl adjacent to an activating group) is 1. The number of hydrogen-bond donors (Lipinski definition) is 0. The van der Waals surface area contributed by atoms with E-state index in [4.69, 9.17) is 9.47 Å². The molecule has 0 N–H and O–H groups in total. The number of carbonyl (C=O) groups is 3. The van der Waals surface area contributed by atoms with Gasteiger partial charge in [0.1, 0.15) is 12.3 Å². The van der Waals surface area contributed by atoms with E-state index in [1.54, 1.807) is 53.1 Å². The standard InChI is InChI=1S/C25H27N3O5/c1-3-28(18-8-10-19(32-2)11-9-18)25(31)24(30)21-16-27(22-7-5-4-6-20(21)22)17-23(29)26-12-14-33-15-13-26/h4-11,16H,3,12-15,17H2,1-2H3. The highest BCUT2D eigenvalue weighted by atomic mass is 16.5. The molecule has 1 aliphatic rings. The van der Waals surface area contributed by atoms with Crippen molar-refractivity contribution in [3.8, 4) is 5.75 Å². The number of ether oxygens (including phenoxy) is 2. The van der Waals surface area contributed by atoms with Crippen LogP contribution in [0.1, 0.15) is 17.3 Å². The molecule has 1 aromatic heterocycles. The molecule has 2 amide bonds. The van der Waals surface area contributed by atoms with Crippen molar-refractivity contribution < 1.29 is 23.9 Å². The number of carbonyl (C=O) groups excluding carboxylic acids is 3. The lowest BCUT2D eigenvalue weighted by atomic mass is 10.1. The average molecular weight is 450 g/mol. The highest BCUT2D eigenvalue weighted by molar-refractivity contribution is 6.48. The smallest absolute Gasteiger partial charge is 0.299 e. The van der Waals surface area contributed by atoms with Gasteiger partial charge in [0.25, 0.3) is 11.7 Å². The van der Waals surface area contributed by atoms with Gasteiger partial charge >= 0.3 is 0 Å². The second-order valence-electron chi connectivity index (χ2n) is 7.76. The Morgan fingerprint density at radius 3 is 2.39 bits per heavy atom. The molecule has 0 bridgehead atoms. The Bertz CT molecular complexity index is 1160. The van der Waals surface area contributed by atoms with E-state index in [1.807, 2.05) is 25.1 Å². The Morgan fingerprint density at radius 1 is 1.03 bits per heavy atom. The summed E-state index contributed by atoms with van der Waals surface area (Å²) in [4.78, 5) is 42.5. The van der Waals surface area contributed by atoms with E-state index in [-0.39, 0.29) is 18.0 Å². The zero-order valence-corrected chi connectivity index (χ0v) is 18.8. The molecule has 0 aliphatic carbocycles. The number of anilines is 1. The summed E-state index contributed by atoms with van der Waals surface area (Å²) >= 11 is 0. The Balaban J connectivity index is 1.62. The molecule has 8 heteroatoms. The Morgan fingerprint density at radius 2 is 1.73 bits per heavy atom. The maximum absolute atomic E-state index is 13.3. The van der Waals surface area contributed by atoms with E-state index < -0.39 is 11.7 Å². The number of aromatic nitrogens is 1. The number of morpholine rings is 1. The van der Waals surface area contributed by atoms with Crippen LogP contribution in [-0.2, 0) is 20.9 Å². The highest BCUT2D eigenvalue weighted by Crippen LogP contribution is 2.25. The van der Waals surface area contributed by atoms with Crippen molar-refractivity contribution in [2.75, 3.05) is 44.9 Å². The minimum Gasteiger partial charge on any atom is -0.497 e. The Kier molecular flexibility index (Phi) is 6.74. The number of benzene rings is 2. The van der Waals surface area contributed by atoms with Gasteiger partial charge in [-0.3, -0.25) is 14.4 Å². The summed E-state index contributed by atoms with van der Waals surface area (Å²) in [7, 11) is 1.57. The van der Waals surface area contributed by atoms with Crippen molar-refractivity contribution in [3.63, 3.8) is 0 Å². The van der Waals surface area contributed by atoms with E-state index in [9.17, 15) is 14.4 Å². The summed E-state index contributed by atoms with van der Waals surface area (Å²) in [6.07, 6.45) is 1.62. The van der Waals surface area contributed by atoms with Crippen LogP contribution in [0.5, 0.6) is 5.75 Å². The number of fused-ring (bicyclic) bond motifs is 1. The Hall–Kier alpha value is -3.65. The quantitative estimate of drug-likeness (QED) is 0.409. The number of Topliss-reactive ketones (excluding diaryl/α,β-unsaturated/α-hetero) is 1. The normalized spacial score (nSPS) is 13.7. The van der Waals surface area contributed by atoms with Gasteiger partial charge in [-0.05, 0) is 37.3 Å². The van der Waals surface area contributed by atoms with E-state index in [0.717, 1.165) is 5.52 Å². The zero-order chi connectivity index (χ0) is 23.4. The van der Waals surface area contributed by atoms with Gasteiger partial charge in [-0.2, -0.15) is 0 Å². The van der Waals surface area contributed by atoms with E-state index >= 15 is 0 Å². The third-order valence-electron chi connectivity index (χ3n) is 5.84. The molecular weight excluding hydrogens is 422 g/mol. The summed E-state index contributed by atoms with van der Waals surface area (Å²) < 4.78 is 12.2. The molecule has 0 unspecified atom stereocenters. The molecule has 33 heavy (non-hydrogen) atoms. The number of para-hydroxylation sites is 1. The average Bonchev–Trinajstić information content (AvgIpc) is 3.23. The van der Waals surface area contributed by atoms with Gasteiger partial charge in [0.15, 0.2) is 0 Å². The monoisotopic (exact) mass is 449 g/mol. The Labute approximate surface area is 192 Å². The number of nitrogens with zero attached hydrogens (tertiary/aromatic N) is 3. The fourth-order valence-electron chi connectivity index (χ4n) is 4.06. The van der Waals surface area contributed by atoms with Crippen LogP contribution in [0.2, 0.25) is 0 Å². The fourth-order valence-corrected chi connectivity index (χ4v) is 4.06. The molecule has 2 heterocycles. The minimum atomic E-state index is -0.620. The van der Waals surface area contributed by atoms with E-state index in [0.29, 0.717) is 49.7 Å². The van der Waals surface area contributed by atoms with Gasteiger partial charge in [0.2, 0.25) is 5.91 Å². The van der Waals surface area contributed by atoms with Crippen molar-refractivity contribution in [2.24, 2.45) is 0 Å². The third-order valence-corrected chi connectivity index (χ3v) is 5.84. The molecule has 0 spiro atoms. The molecule has 1 aliphatic heterocycles. The van der Waals surface area contributed by atoms with Gasteiger partial charge in [-0.1, -0.05) is 18.2 Å². The van der Waals surface area contributed by atoms with Crippen LogP contribution in [0.25, 0.3) is 10.9 Å². The number of methoxy groups -OCH3 is 1. The first-order chi connectivity index (χ1) is 16.0. The number of ketones is 1. The SMILES string of the molecule is CCN(C(=O)C(=O)c1cn(CC(=O)N2CCOCC2)c2ccccc12)c1ccc(OC)cc1. The second-order valence-corrected chi connectivity index (χ2v) is 7.76. The maximum Gasteiger partial charge on any atom is 0.299 e. The first-order valence-corrected chi connectivity index (χ1v) is 11.0. The lowest BCUT2D eigenvalue weighted by Crippen LogP contribution is -2.42. The number of rotatable bonds is 7. The molecule has 8 nitrogen and oxygen atoms in total. The van der Waals surface area contributed by atoms with Crippen molar-refractivity contribution in [1.82, 2.24) is 9.47 Å². The van der Waals surface area contributed by atoms with E-state index in [2.05, 4.69) is 0 Å². The van der Waals surface area contributed by atoms with E-state index in [1.165, 1.54) is 4.90 Å². The van der Waals surface area contributed by atoms with Crippen LogP contribution < -0.4 is 9.64 Å². The minimum absolute atomic E-state index is 0.0437. The molecule has 0 radical (unpaired) electrons. The van der Waals surface area contributed by atoms with Crippen LogP contribution in [0.4, 0.5) is 5.69 Å². The molecule has 1 fully saturated rings. The summed E-state index contributed by atoms with van der Waals surface area (Å²) in [6.45, 7) is 4.40. The summed E-state index contributed by atoms with van der Waals surface area (Å²) in [6, 6.07) is 14.3. The first-order valence-electron chi connectivity index (χ1n) is 11.0. The predicted octanol–water partition coefficient (Wildman–Crippen LogP) is 2.74. The van der Waals surface area contributed by atoms with Gasteiger partial charge in [-0.25, -0.2) is 0 Å². The van der Waals surface area contributed by atoms with Gasteiger partial charge in [0, 0.05) is 42.4 Å². The zero-order valence-electron chi connectivity index (χ0n) is 18.8. The molecule has 172 valence electrons. The van der Waals surface area contributed by atoms with Crippen LogP contribution in [0.3, 0.4) is 0 Å². The molecule has 0 saturated carbocycles. The predicted molar refractivity (Wildman–Crippen MR) is 125 cm³/mol. The van der Waals surface area contributed by atoms with Gasteiger partial charge in [0.05, 0.1) is 25.9 Å². The van der Waals surface area contributed by atoms with Crippen molar-refractivity contribution in [2.45, 2.75) is 13.5 Å². The summed E-state index contributed by atoms with van der Waals surface area (Å²) in [5.74, 6) is -0.606. The van der Waals surface area contributed by atoms with Gasteiger partial charge < -0.3 is 23.8 Å². The van der Waals surface area contributed by atoms with Crippen LogP contribution in [0.15, 0.2) is 54.7 Å². The molecule has 3 aromatic rings. The molecular formula is C25H27N3O5. The largest absolute Gasteiger partial charge is 0.497 e. The van der Waals surface area contributed by atoms with Crippen LogP contribution in [-0.4, -0.2) is 67.0 Å². The van der Waals surface area contributed by atoms with Crippen LogP contribution in [0, 0.1) is 0 Å². The summed E-state index contributed by atoms with van der Waals surface area (Å²) in [5.41, 5.74) is 1.64.